The lowest BCUT2D eigenvalue weighted by Gasteiger charge is -2.33. The van der Waals surface area contributed by atoms with E-state index in [2.05, 4.69) is 208 Å². The molecule has 2 aromatic heterocycles. The van der Waals surface area contributed by atoms with Gasteiger partial charge in [-0.25, -0.2) is 0 Å². The van der Waals surface area contributed by atoms with E-state index in [1.165, 1.54) is 49.0 Å². The molecule has 10 aromatic carbocycles. The van der Waals surface area contributed by atoms with Gasteiger partial charge in [0.25, 0.3) is 0 Å². The molecule has 0 atom stereocenters. The number of para-hydroxylation sites is 6. The molecule has 4 nitrogen and oxygen atoms in total. The summed E-state index contributed by atoms with van der Waals surface area (Å²) in [5, 5.41) is 11.8. The van der Waals surface area contributed by atoms with Gasteiger partial charge in [-0.1, -0.05) is 130 Å². The third kappa shape index (κ3) is 5.39. The Bertz CT molecular complexity index is 3470. The summed E-state index contributed by atoms with van der Waals surface area (Å²) in [4.78, 5) is 4.83. The second-order valence-electron chi connectivity index (χ2n) is 17.8. The van der Waals surface area contributed by atoms with Crippen molar-refractivity contribution in [3.8, 4) is 0 Å². The van der Waals surface area contributed by atoms with Crippen LogP contribution in [0.15, 0.2) is 185 Å². The molecular weight excluding hydrogens is 757 g/mol. The summed E-state index contributed by atoms with van der Waals surface area (Å²) in [7, 11) is 0. The molecule has 298 valence electrons. The van der Waals surface area contributed by atoms with Gasteiger partial charge in [0.15, 0.2) is 11.2 Å². The third-order valence-electron chi connectivity index (χ3n) is 12.9. The van der Waals surface area contributed by atoms with Crippen molar-refractivity contribution < 1.29 is 8.83 Å². The summed E-state index contributed by atoms with van der Waals surface area (Å²) in [6.45, 7) is 11.5. The normalized spacial score (nSPS) is 12.3. The summed E-state index contributed by atoms with van der Waals surface area (Å²) in [5.41, 5.74) is 13.4. The monoisotopic (exact) mass is 800 g/mol. The molecule has 0 radical (unpaired) electrons. The van der Waals surface area contributed by atoms with Crippen molar-refractivity contribution in [2.24, 2.45) is 0 Å². The predicted octanol–water partition coefficient (Wildman–Crippen LogP) is 17.2. The topological polar surface area (TPSA) is 32.8 Å². The van der Waals surface area contributed by atoms with E-state index in [0.29, 0.717) is 0 Å². The Kier molecular flexibility index (Phi) is 7.89. The summed E-state index contributed by atoms with van der Waals surface area (Å²) >= 11 is 0. The van der Waals surface area contributed by atoms with Crippen molar-refractivity contribution in [3.05, 3.63) is 193 Å². The lowest BCUT2D eigenvalue weighted by atomic mass is 9.81. The van der Waals surface area contributed by atoms with Gasteiger partial charge in [-0.2, -0.15) is 0 Å². The predicted molar refractivity (Wildman–Crippen MR) is 262 cm³/mol. The van der Waals surface area contributed by atoms with E-state index in [1.807, 2.05) is 12.1 Å². The lowest BCUT2D eigenvalue weighted by Crippen LogP contribution is -2.15. The molecule has 0 saturated heterocycles. The molecule has 0 bridgehead atoms. The number of benzene rings is 10. The van der Waals surface area contributed by atoms with Gasteiger partial charge in [0.2, 0.25) is 0 Å². The van der Waals surface area contributed by atoms with Crippen molar-refractivity contribution in [3.63, 3.8) is 0 Å². The van der Waals surface area contributed by atoms with Gasteiger partial charge >= 0.3 is 0 Å². The highest BCUT2D eigenvalue weighted by molar-refractivity contribution is 6.31. The molecule has 0 spiro atoms. The smallest absolute Gasteiger partial charge is 0.159 e. The van der Waals surface area contributed by atoms with Crippen LogP contribution < -0.4 is 9.80 Å². The first-order valence-electron chi connectivity index (χ1n) is 21.5. The van der Waals surface area contributed by atoms with Crippen molar-refractivity contribution >= 4 is 110 Å². The van der Waals surface area contributed by atoms with E-state index in [9.17, 15) is 0 Å². The second kappa shape index (κ2) is 13.5. The number of rotatable bonds is 6. The molecule has 0 unspecified atom stereocenters. The molecule has 0 aliphatic rings. The van der Waals surface area contributed by atoms with E-state index in [-0.39, 0.29) is 5.41 Å². The van der Waals surface area contributed by atoms with Crippen LogP contribution in [0.2, 0.25) is 0 Å². The molecule has 0 fully saturated rings. The van der Waals surface area contributed by atoms with Crippen molar-refractivity contribution in [2.75, 3.05) is 9.80 Å². The van der Waals surface area contributed by atoms with Crippen LogP contribution in [0.5, 0.6) is 0 Å². The summed E-state index contributed by atoms with van der Waals surface area (Å²) in [6.07, 6.45) is 0. The molecule has 12 rings (SSSR count). The first-order valence-corrected chi connectivity index (χ1v) is 21.5. The maximum atomic E-state index is 6.85. The standard InChI is InChI=1S/C58H44N2O2/c1-35-30-46-50(59(38-18-8-6-9-19-38)48-26-16-24-42-40-22-12-14-28-52(40)61-56(42)48)34-51(47-31-36(2)45-33-37(58(3,4)5)32-44(35)54(45)55(46)47)60(39-20-10-7-11-21-39)49-27-17-25-43-41-23-13-15-29-53(41)62-57(43)49/h6-34H,1-5H3. The fourth-order valence-corrected chi connectivity index (χ4v) is 9.96. The zero-order valence-corrected chi connectivity index (χ0v) is 35.5. The Balaban J connectivity index is 1.27. The van der Waals surface area contributed by atoms with Gasteiger partial charge in [0.1, 0.15) is 11.2 Å². The van der Waals surface area contributed by atoms with Crippen LogP contribution in [0.3, 0.4) is 0 Å². The second-order valence-corrected chi connectivity index (χ2v) is 17.8. The molecule has 2 heterocycles. The molecule has 0 saturated carbocycles. The number of fused-ring (bicyclic) bond motifs is 6. The Morgan fingerprint density at radius 2 is 0.758 bits per heavy atom. The summed E-state index contributed by atoms with van der Waals surface area (Å²) in [6, 6.07) is 63.4. The highest BCUT2D eigenvalue weighted by Crippen LogP contribution is 2.54. The molecule has 4 heteroatoms. The number of hydrogen-bond acceptors (Lipinski definition) is 4. The minimum Gasteiger partial charge on any atom is -0.454 e. The number of hydrogen-bond donors (Lipinski definition) is 0. The van der Waals surface area contributed by atoms with Gasteiger partial charge in [-0.15, -0.1) is 0 Å². The maximum Gasteiger partial charge on any atom is 0.159 e. The molecular formula is C58H44N2O2. The van der Waals surface area contributed by atoms with Gasteiger partial charge in [-0.3, -0.25) is 0 Å². The first kappa shape index (κ1) is 36.3. The molecule has 0 aliphatic carbocycles. The Hall–Kier alpha value is -7.56. The van der Waals surface area contributed by atoms with Gasteiger partial charge in [0, 0.05) is 49.1 Å². The van der Waals surface area contributed by atoms with Crippen LogP contribution in [0.25, 0.3) is 76.2 Å². The zero-order valence-electron chi connectivity index (χ0n) is 35.5. The van der Waals surface area contributed by atoms with E-state index in [4.69, 9.17) is 8.83 Å². The van der Waals surface area contributed by atoms with Gasteiger partial charge in [-0.05, 0) is 119 Å². The highest BCUT2D eigenvalue weighted by Gasteiger charge is 2.29. The minimum absolute atomic E-state index is 0.0234. The van der Waals surface area contributed by atoms with Gasteiger partial charge < -0.3 is 18.6 Å². The fraction of sp³-hybridized carbons (Fsp3) is 0.103. The molecule has 0 N–H and O–H groups in total. The average molecular weight is 801 g/mol. The minimum atomic E-state index is -0.0234. The number of aryl methyl sites for hydroxylation is 2. The zero-order chi connectivity index (χ0) is 41.9. The van der Waals surface area contributed by atoms with Gasteiger partial charge in [0.05, 0.1) is 22.7 Å². The van der Waals surface area contributed by atoms with Crippen molar-refractivity contribution in [1.29, 1.82) is 0 Å². The number of anilines is 6. The molecule has 62 heavy (non-hydrogen) atoms. The van der Waals surface area contributed by atoms with E-state index in [1.54, 1.807) is 0 Å². The van der Waals surface area contributed by atoms with Crippen LogP contribution in [0.1, 0.15) is 37.5 Å². The Morgan fingerprint density at radius 3 is 1.21 bits per heavy atom. The van der Waals surface area contributed by atoms with Crippen LogP contribution in [-0.4, -0.2) is 0 Å². The van der Waals surface area contributed by atoms with Crippen molar-refractivity contribution in [1.82, 2.24) is 0 Å². The largest absolute Gasteiger partial charge is 0.454 e. The van der Waals surface area contributed by atoms with Crippen LogP contribution in [0.4, 0.5) is 34.1 Å². The Labute approximate surface area is 360 Å². The third-order valence-corrected chi connectivity index (χ3v) is 12.9. The van der Waals surface area contributed by atoms with Crippen LogP contribution >= 0.6 is 0 Å². The SMILES string of the molecule is Cc1cc2c(N(c3ccccc3)c3cccc4c3oc3ccccc34)cc(N(c3ccccc3)c3cccc4c3oc3ccccc34)c3cc(C)c4cc(C(C)(C)C)cc1c4c23. The van der Waals surface area contributed by atoms with E-state index >= 15 is 0 Å². The van der Waals surface area contributed by atoms with E-state index in [0.717, 1.165) is 78.0 Å². The maximum absolute atomic E-state index is 6.85. The number of furan rings is 2. The van der Waals surface area contributed by atoms with Crippen LogP contribution in [-0.2, 0) is 5.41 Å². The molecule has 12 aromatic rings. The van der Waals surface area contributed by atoms with Crippen LogP contribution in [0, 0.1) is 13.8 Å². The molecule has 0 aliphatic heterocycles. The highest BCUT2D eigenvalue weighted by atomic mass is 16.3. The summed E-state index contributed by atoms with van der Waals surface area (Å²) in [5.74, 6) is 0. The fourth-order valence-electron chi connectivity index (χ4n) is 9.96. The number of nitrogens with zero attached hydrogens (tertiary/aromatic N) is 2. The van der Waals surface area contributed by atoms with Crippen molar-refractivity contribution in [2.45, 2.75) is 40.0 Å². The molecule has 0 amide bonds. The quantitative estimate of drug-likeness (QED) is 0.157. The van der Waals surface area contributed by atoms with E-state index < -0.39 is 0 Å². The first-order chi connectivity index (χ1) is 30.2. The summed E-state index contributed by atoms with van der Waals surface area (Å²) < 4.78 is 13.7. The lowest BCUT2D eigenvalue weighted by molar-refractivity contribution is 0.591. The average Bonchev–Trinajstić information content (AvgIpc) is 3.87. The Morgan fingerprint density at radius 1 is 0.355 bits per heavy atom.